The van der Waals surface area contributed by atoms with Crippen molar-refractivity contribution in [1.29, 1.82) is 0 Å². The Kier molecular flexibility index (Phi) is 9.15. The fourth-order valence-electron chi connectivity index (χ4n) is 4.53. The summed E-state index contributed by atoms with van der Waals surface area (Å²) in [6, 6.07) is 9.69. The lowest BCUT2D eigenvalue weighted by atomic mass is 9.99. The average molecular weight is 622 g/mol. The third-order valence-corrected chi connectivity index (χ3v) is 10.2. The van der Waals surface area contributed by atoms with E-state index < -0.39 is 44.0 Å². The molecule has 228 valence electrons. The lowest BCUT2D eigenvalue weighted by Gasteiger charge is -2.38. The maximum Gasteiger partial charge on any atom is 0.262 e. The number of likely N-dealkylation sites (N-methyl/N-ethyl adjacent to an activating group) is 1. The number of para-hydroxylation sites is 1. The number of ether oxygens (including phenoxy) is 2. The van der Waals surface area contributed by atoms with E-state index in [2.05, 4.69) is 9.71 Å². The number of rotatable bonds is 10. The molecule has 13 nitrogen and oxygen atoms in total. The van der Waals surface area contributed by atoms with E-state index in [1.54, 1.807) is 20.9 Å². The van der Waals surface area contributed by atoms with Crippen molar-refractivity contribution in [2.45, 2.75) is 35.9 Å². The van der Waals surface area contributed by atoms with Gasteiger partial charge in [-0.1, -0.05) is 13.0 Å². The van der Waals surface area contributed by atoms with Gasteiger partial charge in [0.05, 0.1) is 48.8 Å². The average Bonchev–Trinajstić information content (AvgIpc) is 3.41. The molecule has 42 heavy (non-hydrogen) atoms. The molecule has 0 fully saturated rings. The first-order valence-corrected chi connectivity index (χ1v) is 16.0. The molecule has 4 rings (SSSR count). The summed E-state index contributed by atoms with van der Waals surface area (Å²) in [6.07, 6.45) is 1.95. The number of aliphatic hydroxyl groups is 1. The lowest BCUT2D eigenvalue weighted by Crippen LogP contribution is -2.50. The summed E-state index contributed by atoms with van der Waals surface area (Å²) in [5.41, 5.74) is 0.0694. The summed E-state index contributed by atoms with van der Waals surface area (Å²) in [5.74, 6) is -0.456. The summed E-state index contributed by atoms with van der Waals surface area (Å²) in [6.45, 7) is 3.21. The van der Waals surface area contributed by atoms with Gasteiger partial charge in [0.2, 0.25) is 0 Å². The highest BCUT2D eigenvalue weighted by molar-refractivity contribution is 7.92. The second-order valence-corrected chi connectivity index (χ2v) is 13.9. The van der Waals surface area contributed by atoms with Gasteiger partial charge in [-0.2, -0.15) is 4.31 Å². The van der Waals surface area contributed by atoms with Gasteiger partial charge >= 0.3 is 0 Å². The van der Waals surface area contributed by atoms with E-state index in [1.807, 2.05) is 0 Å². The van der Waals surface area contributed by atoms with Crippen LogP contribution >= 0.6 is 0 Å². The van der Waals surface area contributed by atoms with Crippen molar-refractivity contribution in [1.82, 2.24) is 18.8 Å². The number of hydrogen-bond donors (Lipinski definition) is 2. The maximum atomic E-state index is 13.7. The molecule has 0 saturated heterocycles. The molecule has 0 aliphatic carbocycles. The van der Waals surface area contributed by atoms with Crippen molar-refractivity contribution in [2.24, 2.45) is 13.0 Å². The number of fused-ring (bicyclic) bond motifs is 1. The molecule has 0 bridgehead atoms. The Labute approximate surface area is 245 Å². The number of aryl methyl sites for hydroxylation is 1. The van der Waals surface area contributed by atoms with Gasteiger partial charge in [-0.3, -0.25) is 9.52 Å². The van der Waals surface area contributed by atoms with Crippen LogP contribution in [0.4, 0.5) is 5.69 Å². The van der Waals surface area contributed by atoms with Crippen LogP contribution in [0.15, 0.2) is 64.9 Å². The number of nitrogens with one attached hydrogen (secondary N) is 1. The second-order valence-electron chi connectivity index (χ2n) is 10.2. The molecule has 0 saturated carbocycles. The van der Waals surface area contributed by atoms with Crippen LogP contribution in [0.3, 0.4) is 0 Å². The Morgan fingerprint density at radius 3 is 2.48 bits per heavy atom. The molecule has 1 amide bonds. The van der Waals surface area contributed by atoms with E-state index in [4.69, 9.17) is 9.47 Å². The summed E-state index contributed by atoms with van der Waals surface area (Å²) in [4.78, 5) is 19.1. The molecular weight excluding hydrogens is 586 g/mol. The van der Waals surface area contributed by atoms with Crippen LogP contribution in [-0.4, -0.2) is 92.6 Å². The number of carbonyl (C=O) groups is 1. The third kappa shape index (κ3) is 6.38. The van der Waals surface area contributed by atoms with Gasteiger partial charge in [0.1, 0.15) is 11.9 Å². The van der Waals surface area contributed by atoms with E-state index >= 15 is 0 Å². The Balaban J connectivity index is 1.75. The predicted octanol–water partition coefficient (Wildman–Crippen LogP) is 1.77. The van der Waals surface area contributed by atoms with Crippen molar-refractivity contribution in [3.63, 3.8) is 0 Å². The molecule has 15 heteroatoms. The van der Waals surface area contributed by atoms with Gasteiger partial charge in [0.25, 0.3) is 26.0 Å². The topological polar surface area (TPSA) is 160 Å². The number of hydrogen-bond acceptors (Lipinski definition) is 9. The monoisotopic (exact) mass is 621 g/mol. The van der Waals surface area contributed by atoms with Crippen molar-refractivity contribution in [2.75, 3.05) is 38.6 Å². The molecular formula is C27H35N5O8S2. The molecule has 1 aromatic heterocycles. The van der Waals surface area contributed by atoms with Crippen LogP contribution in [0.5, 0.6) is 11.5 Å². The van der Waals surface area contributed by atoms with Gasteiger partial charge in [-0.15, -0.1) is 0 Å². The number of aromatic nitrogens is 2. The molecule has 0 unspecified atom stereocenters. The molecule has 3 atom stereocenters. The van der Waals surface area contributed by atoms with Crippen LogP contribution in [-0.2, 0) is 27.1 Å². The highest BCUT2D eigenvalue weighted by atomic mass is 32.2. The van der Waals surface area contributed by atoms with Gasteiger partial charge in [-0.25, -0.2) is 21.8 Å². The standard InChI is InChI=1S/C27H35N5O8S2/c1-18-13-32(19(2)16-33)27(34)22-7-6-8-23(29-41(35,36)21-11-9-20(39-5)10-12-21)26(22)40-24(18)14-31(4)42(37,38)25-15-30(3)17-28-25/h6-12,15,17-19,24,29,33H,13-14,16H2,1-5H3/t18-,19-,24-/m0/s1. The van der Waals surface area contributed by atoms with E-state index in [0.717, 1.165) is 4.31 Å². The van der Waals surface area contributed by atoms with Crippen LogP contribution < -0.4 is 14.2 Å². The highest BCUT2D eigenvalue weighted by Gasteiger charge is 2.37. The fourth-order valence-corrected chi connectivity index (χ4v) is 6.74. The van der Waals surface area contributed by atoms with Gasteiger partial charge < -0.3 is 24.0 Å². The molecule has 1 aliphatic rings. The zero-order chi connectivity index (χ0) is 30.8. The summed E-state index contributed by atoms with van der Waals surface area (Å²) in [5, 5.41) is 9.76. The number of anilines is 1. The minimum atomic E-state index is -4.12. The second kappa shape index (κ2) is 12.3. The first kappa shape index (κ1) is 31.3. The van der Waals surface area contributed by atoms with Gasteiger partial charge in [0.15, 0.2) is 10.8 Å². The van der Waals surface area contributed by atoms with Gasteiger partial charge in [0, 0.05) is 32.8 Å². The number of nitrogens with zero attached hydrogens (tertiary/aromatic N) is 4. The molecule has 2 heterocycles. The minimum Gasteiger partial charge on any atom is -0.497 e. The predicted molar refractivity (Wildman–Crippen MR) is 154 cm³/mol. The number of aliphatic hydroxyl groups excluding tert-OH is 1. The van der Waals surface area contributed by atoms with Gasteiger partial charge in [-0.05, 0) is 43.3 Å². The summed E-state index contributed by atoms with van der Waals surface area (Å²) in [7, 11) is -3.58. The number of carbonyl (C=O) groups excluding carboxylic acids is 1. The molecule has 2 N–H and O–H groups in total. The molecule has 0 radical (unpaired) electrons. The summed E-state index contributed by atoms with van der Waals surface area (Å²) >= 11 is 0. The quantitative estimate of drug-likeness (QED) is 0.344. The molecule has 0 spiro atoms. The Morgan fingerprint density at radius 1 is 1.19 bits per heavy atom. The molecule has 3 aromatic rings. The third-order valence-electron chi connectivity index (χ3n) is 7.10. The van der Waals surface area contributed by atoms with E-state index in [9.17, 15) is 26.7 Å². The maximum absolute atomic E-state index is 13.7. The number of methoxy groups -OCH3 is 1. The first-order valence-electron chi connectivity index (χ1n) is 13.1. The van der Waals surface area contributed by atoms with Crippen molar-refractivity contribution < 1.29 is 36.2 Å². The van der Waals surface area contributed by atoms with Crippen LogP contribution in [0.1, 0.15) is 24.2 Å². The Morgan fingerprint density at radius 2 is 1.88 bits per heavy atom. The Bertz CT molecular complexity index is 1640. The lowest BCUT2D eigenvalue weighted by molar-refractivity contribution is 0.0389. The van der Waals surface area contributed by atoms with Crippen LogP contribution in [0.25, 0.3) is 0 Å². The number of sulfonamides is 2. The van der Waals surface area contributed by atoms with Crippen molar-refractivity contribution in [3.8, 4) is 11.5 Å². The normalized spacial score (nSPS) is 18.5. The van der Waals surface area contributed by atoms with E-state index in [1.165, 1.54) is 78.6 Å². The Hall–Kier alpha value is -3.66. The number of amides is 1. The van der Waals surface area contributed by atoms with Crippen LogP contribution in [0.2, 0.25) is 0 Å². The molecule has 1 aliphatic heterocycles. The smallest absolute Gasteiger partial charge is 0.262 e. The first-order chi connectivity index (χ1) is 19.8. The fraction of sp³-hybridized carbons (Fsp3) is 0.407. The highest BCUT2D eigenvalue weighted by Crippen LogP contribution is 2.36. The zero-order valence-corrected chi connectivity index (χ0v) is 25.6. The number of benzene rings is 2. The SMILES string of the molecule is COc1ccc(S(=O)(=O)Nc2cccc3c2O[C@@H](CN(C)S(=O)(=O)c2cn(C)cn2)[C@@H](C)CN([C@@H](C)CO)C3=O)cc1. The van der Waals surface area contributed by atoms with E-state index in [-0.39, 0.29) is 46.6 Å². The van der Waals surface area contributed by atoms with Crippen LogP contribution in [0, 0.1) is 5.92 Å². The summed E-state index contributed by atoms with van der Waals surface area (Å²) < 4.78 is 69.8. The van der Waals surface area contributed by atoms with E-state index in [0.29, 0.717) is 5.75 Å². The van der Waals surface area contributed by atoms with Crippen molar-refractivity contribution >= 4 is 31.6 Å². The van der Waals surface area contributed by atoms with Crippen molar-refractivity contribution in [3.05, 3.63) is 60.6 Å². The minimum absolute atomic E-state index is 0.00241. The molecule has 2 aromatic carbocycles. The largest absolute Gasteiger partial charge is 0.497 e. The number of imidazole rings is 1. The zero-order valence-electron chi connectivity index (χ0n) is 24.0.